The lowest BCUT2D eigenvalue weighted by Crippen LogP contribution is -2.45. The van der Waals surface area contributed by atoms with Crippen LogP contribution in [0.4, 0.5) is 0 Å². The predicted octanol–water partition coefficient (Wildman–Crippen LogP) is 0.509. The SMILES string of the molecule is O[C@@H]1CCN[C@H]2CCC[C@H]12. The lowest BCUT2D eigenvalue weighted by Gasteiger charge is -2.31. The molecule has 0 aromatic heterocycles. The lowest BCUT2D eigenvalue weighted by atomic mass is 9.91. The van der Waals surface area contributed by atoms with Crippen molar-refractivity contribution in [3.63, 3.8) is 0 Å². The molecule has 1 saturated carbocycles. The molecule has 2 fully saturated rings. The minimum absolute atomic E-state index is 0.00579. The Hall–Kier alpha value is -0.0800. The Balaban J connectivity index is 2.03. The highest BCUT2D eigenvalue weighted by atomic mass is 16.3. The first-order chi connectivity index (χ1) is 4.88. The highest BCUT2D eigenvalue weighted by Crippen LogP contribution is 2.31. The van der Waals surface area contributed by atoms with Gasteiger partial charge in [0.15, 0.2) is 0 Å². The first-order valence-electron chi connectivity index (χ1n) is 4.29. The second-order valence-electron chi connectivity index (χ2n) is 3.51. The Kier molecular flexibility index (Phi) is 1.66. The van der Waals surface area contributed by atoms with Crippen LogP contribution < -0.4 is 5.32 Å². The maximum atomic E-state index is 9.54. The summed E-state index contributed by atoms with van der Waals surface area (Å²) in [4.78, 5) is 0. The van der Waals surface area contributed by atoms with Gasteiger partial charge in [-0.3, -0.25) is 0 Å². The Labute approximate surface area is 61.6 Å². The second-order valence-corrected chi connectivity index (χ2v) is 3.51. The number of aliphatic hydroxyl groups excluding tert-OH is 1. The van der Waals surface area contributed by atoms with E-state index in [-0.39, 0.29) is 6.10 Å². The lowest BCUT2D eigenvalue weighted by molar-refractivity contribution is 0.0645. The van der Waals surface area contributed by atoms with Gasteiger partial charge in [-0.1, -0.05) is 6.42 Å². The smallest absolute Gasteiger partial charge is 0.0595 e. The van der Waals surface area contributed by atoms with Crippen LogP contribution in [-0.2, 0) is 0 Å². The van der Waals surface area contributed by atoms with E-state index in [2.05, 4.69) is 5.32 Å². The van der Waals surface area contributed by atoms with Crippen molar-refractivity contribution in [3.05, 3.63) is 0 Å². The average Bonchev–Trinajstić information content (AvgIpc) is 2.36. The summed E-state index contributed by atoms with van der Waals surface area (Å²) in [6.45, 7) is 1.02. The number of hydrogen-bond donors (Lipinski definition) is 2. The fourth-order valence-electron chi connectivity index (χ4n) is 2.33. The minimum Gasteiger partial charge on any atom is -0.393 e. The topological polar surface area (TPSA) is 32.3 Å². The summed E-state index contributed by atoms with van der Waals surface area (Å²) >= 11 is 0. The maximum Gasteiger partial charge on any atom is 0.0595 e. The van der Waals surface area contributed by atoms with Crippen LogP contribution in [0.15, 0.2) is 0 Å². The molecule has 2 heteroatoms. The number of aliphatic hydroxyl groups is 1. The van der Waals surface area contributed by atoms with Crippen molar-refractivity contribution < 1.29 is 5.11 Å². The number of nitrogens with one attached hydrogen (secondary N) is 1. The van der Waals surface area contributed by atoms with Gasteiger partial charge in [0.25, 0.3) is 0 Å². The van der Waals surface area contributed by atoms with Gasteiger partial charge in [0.05, 0.1) is 6.10 Å². The molecule has 0 spiro atoms. The van der Waals surface area contributed by atoms with Gasteiger partial charge in [-0.15, -0.1) is 0 Å². The molecule has 58 valence electrons. The largest absolute Gasteiger partial charge is 0.393 e. The van der Waals surface area contributed by atoms with Crippen LogP contribution in [0, 0.1) is 5.92 Å². The van der Waals surface area contributed by atoms with Crippen LogP contribution in [-0.4, -0.2) is 23.8 Å². The standard InChI is InChI=1S/C8H15NO/c10-8-4-5-9-7-3-1-2-6(7)8/h6-10H,1-5H2/t6-,7-,8+/m0/s1. The molecule has 10 heavy (non-hydrogen) atoms. The van der Waals surface area contributed by atoms with E-state index in [1.54, 1.807) is 0 Å². The number of rotatable bonds is 0. The molecule has 0 amide bonds. The Morgan fingerprint density at radius 3 is 2.90 bits per heavy atom. The van der Waals surface area contributed by atoms with Gasteiger partial charge in [0.1, 0.15) is 0 Å². The molecule has 2 rings (SSSR count). The number of fused-ring (bicyclic) bond motifs is 1. The minimum atomic E-state index is -0.00579. The first-order valence-corrected chi connectivity index (χ1v) is 4.29. The van der Waals surface area contributed by atoms with Gasteiger partial charge in [0.2, 0.25) is 0 Å². The molecule has 1 saturated heterocycles. The normalized spacial score (nSPS) is 47.1. The molecule has 3 atom stereocenters. The molecule has 2 nitrogen and oxygen atoms in total. The van der Waals surface area contributed by atoms with Gasteiger partial charge in [0, 0.05) is 12.0 Å². The van der Waals surface area contributed by atoms with E-state index in [0.29, 0.717) is 12.0 Å². The molecule has 2 aliphatic rings. The van der Waals surface area contributed by atoms with Crippen molar-refractivity contribution in [1.29, 1.82) is 0 Å². The molecule has 2 N–H and O–H groups in total. The first kappa shape index (κ1) is 6.62. The molecule has 0 aromatic carbocycles. The van der Waals surface area contributed by atoms with E-state index in [1.165, 1.54) is 19.3 Å². The number of hydrogen-bond acceptors (Lipinski definition) is 2. The quantitative estimate of drug-likeness (QED) is 0.515. The molecule has 1 aliphatic carbocycles. The van der Waals surface area contributed by atoms with Crippen LogP contribution in [0.5, 0.6) is 0 Å². The van der Waals surface area contributed by atoms with Gasteiger partial charge >= 0.3 is 0 Å². The third-order valence-corrected chi connectivity index (χ3v) is 2.91. The van der Waals surface area contributed by atoms with Crippen LogP contribution in [0.1, 0.15) is 25.7 Å². The third kappa shape index (κ3) is 0.956. The third-order valence-electron chi connectivity index (χ3n) is 2.91. The zero-order valence-electron chi connectivity index (χ0n) is 6.21. The molecule has 0 bridgehead atoms. The Morgan fingerprint density at radius 2 is 2.10 bits per heavy atom. The van der Waals surface area contributed by atoms with Crippen molar-refractivity contribution in [2.45, 2.75) is 37.8 Å². The van der Waals surface area contributed by atoms with Crippen molar-refractivity contribution in [1.82, 2.24) is 5.32 Å². The molecular formula is C8H15NO. The summed E-state index contributed by atoms with van der Waals surface area (Å²) < 4.78 is 0. The summed E-state index contributed by atoms with van der Waals surface area (Å²) in [5, 5.41) is 13.0. The van der Waals surface area contributed by atoms with Gasteiger partial charge < -0.3 is 10.4 Å². The molecule has 1 heterocycles. The summed E-state index contributed by atoms with van der Waals surface area (Å²) in [5.41, 5.74) is 0. The second kappa shape index (κ2) is 2.51. The van der Waals surface area contributed by atoms with E-state index in [0.717, 1.165) is 13.0 Å². The van der Waals surface area contributed by atoms with E-state index < -0.39 is 0 Å². The summed E-state index contributed by atoms with van der Waals surface area (Å²) in [7, 11) is 0. The zero-order chi connectivity index (χ0) is 6.97. The van der Waals surface area contributed by atoms with Crippen molar-refractivity contribution in [2.75, 3.05) is 6.54 Å². The van der Waals surface area contributed by atoms with Crippen LogP contribution >= 0.6 is 0 Å². The Bertz CT molecular complexity index is 126. The summed E-state index contributed by atoms with van der Waals surface area (Å²) in [6.07, 6.45) is 4.77. The van der Waals surface area contributed by atoms with Crippen LogP contribution in [0.3, 0.4) is 0 Å². The molecule has 0 aromatic rings. The summed E-state index contributed by atoms with van der Waals surface area (Å²) in [6, 6.07) is 0.642. The van der Waals surface area contributed by atoms with Gasteiger partial charge in [-0.25, -0.2) is 0 Å². The van der Waals surface area contributed by atoms with Gasteiger partial charge in [-0.2, -0.15) is 0 Å². The van der Waals surface area contributed by atoms with Gasteiger partial charge in [-0.05, 0) is 25.8 Å². The van der Waals surface area contributed by atoms with E-state index >= 15 is 0 Å². The Morgan fingerprint density at radius 1 is 1.20 bits per heavy atom. The average molecular weight is 141 g/mol. The fourth-order valence-corrected chi connectivity index (χ4v) is 2.33. The highest BCUT2D eigenvalue weighted by Gasteiger charge is 2.34. The summed E-state index contributed by atoms with van der Waals surface area (Å²) in [5.74, 6) is 0.578. The molecule has 0 radical (unpaired) electrons. The van der Waals surface area contributed by atoms with Crippen molar-refractivity contribution in [2.24, 2.45) is 5.92 Å². The van der Waals surface area contributed by atoms with E-state index in [4.69, 9.17) is 0 Å². The molecule has 1 aliphatic heterocycles. The van der Waals surface area contributed by atoms with Crippen molar-refractivity contribution in [3.8, 4) is 0 Å². The fraction of sp³-hybridized carbons (Fsp3) is 1.00. The van der Waals surface area contributed by atoms with E-state index in [1.807, 2.05) is 0 Å². The maximum absolute atomic E-state index is 9.54. The van der Waals surface area contributed by atoms with Crippen LogP contribution in [0.25, 0.3) is 0 Å². The van der Waals surface area contributed by atoms with Crippen LogP contribution in [0.2, 0.25) is 0 Å². The molecule has 0 unspecified atom stereocenters. The zero-order valence-corrected chi connectivity index (χ0v) is 6.21. The monoisotopic (exact) mass is 141 g/mol. The predicted molar refractivity (Wildman–Crippen MR) is 39.8 cm³/mol. The molecular weight excluding hydrogens is 126 g/mol. The van der Waals surface area contributed by atoms with Crippen molar-refractivity contribution >= 4 is 0 Å². The number of piperidine rings is 1. The van der Waals surface area contributed by atoms with E-state index in [9.17, 15) is 5.11 Å². The highest BCUT2D eigenvalue weighted by molar-refractivity contribution is 4.91.